The highest BCUT2D eigenvalue weighted by atomic mass is 79.9. The first-order valence-electron chi connectivity index (χ1n) is 4.95. The summed E-state index contributed by atoms with van der Waals surface area (Å²) in [5.41, 5.74) is 0.810. The molecule has 92 valence electrons. The predicted octanol–water partition coefficient (Wildman–Crippen LogP) is 2.85. The first kappa shape index (κ1) is 12.5. The standard InChI is InChI=1S/C11H10BrClO4/c1-16-8(14)2-5-4-17-11-6(5)3-7(13)10(15)9(11)12/h3,5,15H,2,4H2,1H3/t5-/m1/s1. The van der Waals surface area contributed by atoms with Gasteiger partial charge in [-0.25, -0.2) is 0 Å². The zero-order valence-electron chi connectivity index (χ0n) is 9.00. The van der Waals surface area contributed by atoms with Crippen LogP contribution in [0.2, 0.25) is 5.02 Å². The summed E-state index contributed by atoms with van der Waals surface area (Å²) in [6.45, 7) is 0.378. The number of ether oxygens (including phenoxy) is 2. The first-order valence-corrected chi connectivity index (χ1v) is 6.12. The van der Waals surface area contributed by atoms with E-state index in [0.29, 0.717) is 16.8 Å². The van der Waals surface area contributed by atoms with Gasteiger partial charge in [0.05, 0.1) is 25.2 Å². The number of halogens is 2. The van der Waals surface area contributed by atoms with E-state index in [1.165, 1.54) is 7.11 Å². The molecule has 2 rings (SSSR count). The molecule has 0 spiro atoms. The van der Waals surface area contributed by atoms with Crippen LogP contribution >= 0.6 is 27.5 Å². The Morgan fingerprint density at radius 2 is 2.47 bits per heavy atom. The number of carbonyl (C=O) groups is 1. The van der Waals surface area contributed by atoms with Crippen LogP contribution in [0.25, 0.3) is 0 Å². The highest BCUT2D eigenvalue weighted by Crippen LogP contribution is 2.48. The van der Waals surface area contributed by atoms with E-state index in [4.69, 9.17) is 16.3 Å². The average Bonchev–Trinajstić information content (AvgIpc) is 2.69. The molecule has 1 atom stereocenters. The normalized spacial score (nSPS) is 17.5. The molecular formula is C11H10BrClO4. The summed E-state index contributed by atoms with van der Waals surface area (Å²) in [7, 11) is 1.35. The number of hydrogen-bond donors (Lipinski definition) is 1. The number of aromatic hydroxyl groups is 1. The van der Waals surface area contributed by atoms with Crippen LogP contribution in [0.1, 0.15) is 17.9 Å². The van der Waals surface area contributed by atoms with Gasteiger partial charge in [-0.15, -0.1) is 0 Å². The van der Waals surface area contributed by atoms with Gasteiger partial charge in [0.25, 0.3) is 0 Å². The van der Waals surface area contributed by atoms with Crippen molar-refractivity contribution in [3.05, 3.63) is 21.1 Å². The van der Waals surface area contributed by atoms with Gasteiger partial charge in [0.1, 0.15) is 10.2 Å². The second kappa shape index (κ2) is 4.74. The molecule has 0 unspecified atom stereocenters. The molecule has 1 heterocycles. The number of benzene rings is 1. The van der Waals surface area contributed by atoms with Gasteiger partial charge < -0.3 is 14.6 Å². The van der Waals surface area contributed by atoms with Crippen molar-refractivity contribution in [2.45, 2.75) is 12.3 Å². The molecule has 1 aliphatic rings. The lowest BCUT2D eigenvalue weighted by atomic mass is 9.98. The molecule has 0 saturated carbocycles. The van der Waals surface area contributed by atoms with Crippen molar-refractivity contribution in [3.8, 4) is 11.5 Å². The smallest absolute Gasteiger partial charge is 0.306 e. The van der Waals surface area contributed by atoms with Crippen molar-refractivity contribution in [3.63, 3.8) is 0 Å². The van der Waals surface area contributed by atoms with Crippen LogP contribution in [0.15, 0.2) is 10.5 Å². The van der Waals surface area contributed by atoms with Gasteiger partial charge in [-0.2, -0.15) is 0 Å². The summed E-state index contributed by atoms with van der Waals surface area (Å²) in [6.07, 6.45) is 0.233. The molecule has 1 aromatic rings. The molecule has 1 aromatic carbocycles. The van der Waals surface area contributed by atoms with Crippen LogP contribution in [0.4, 0.5) is 0 Å². The van der Waals surface area contributed by atoms with Gasteiger partial charge in [-0.1, -0.05) is 11.6 Å². The minimum absolute atomic E-state index is 0.0517. The van der Waals surface area contributed by atoms with E-state index in [0.717, 1.165) is 5.56 Å². The van der Waals surface area contributed by atoms with E-state index in [9.17, 15) is 9.90 Å². The SMILES string of the molecule is COC(=O)C[C@@H]1COc2c1cc(Cl)c(O)c2Br. The fraction of sp³-hybridized carbons (Fsp3) is 0.364. The molecule has 4 nitrogen and oxygen atoms in total. The second-order valence-electron chi connectivity index (χ2n) is 3.73. The number of esters is 1. The van der Waals surface area contributed by atoms with E-state index in [1.54, 1.807) is 6.07 Å². The number of phenols is 1. The molecule has 0 bridgehead atoms. The maximum atomic E-state index is 11.2. The summed E-state index contributed by atoms with van der Waals surface area (Å²) >= 11 is 9.10. The van der Waals surface area contributed by atoms with Gasteiger partial charge in [0.15, 0.2) is 5.75 Å². The molecule has 1 aliphatic heterocycles. The molecule has 6 heteroatoms. The average molecular weight is 322 g/mol. The monoisotopic (exact) mass is 320 g/mol. The molecule has 17 heavy (non-hydrogen) atoms. The summed E-state index contributed by atoms with van der Waals surface area (Å²) in [5, 5.41) is 9.87. The highest BCUT2D eigenvalue weighted by Gasteiger charge is 2.30. The topological polar surface area (TPSA) is 55.8 Å². The Morgan fingerprint density at radius 3 is 3.12 bits per heavy atom. The predicted molar refractivity (Wildman–Crippen MR) is 65.7 cm³/mol. The van der Waals surface area contributed by atoms with Crippen molar-refractivity contribution in [1.82, 2.24) is 0 Å². The number of phenolic OH excluding ortho intramolecular Hbond substituents is 1. The van der Waals surface area contributed by atoms with Crippen molar-refractivity contribution >= 4 is 33.5 Å². The molecular weight excluding hydrogens is 311 g/mol. The second-order valence-corrected chi connectivity index (χ2v) is 4.93. The fourth-order valence-corrected chi connectivity index (χ4v) is 2.67. The van der Waals surface area contributed by atoms with Crippen molar-refractivity contribution in [2.24, 2.45) is 0 Å². The van der Waals surface area contributed by atoms with E-state index >= 15 is 0 Å². The summed E-state index contributed by atoms with van der Waals surface area (Å²) in [6, 6.07) is 1.62. The molecule has 0 amide bonds. The van der Waals surface area contributed by atoms with Crippen molar-refractivity contribution < 1.29 is 19.4 Å². The maximum absolute atomic E-state index is 11.2. The van der Waals surface area contributed by atoms with Crippen LogP contribution in [-0.2, 0) is 9.53 Å². The lowest BCUT2D eigenvalue weighted by Gasteiger charge is -2.09. The van der Waals surface area contributed by atoms with E-state index in [1.807, 2.05) is 0 Å². The largest absolute Gasteiger partial charge is 0.505 e. The van der Waals surface area contributed by atoms with Gasteiger partial charge >= 0.3 is 5.97 Å². The Hall–Kier alpha value is -0.940. The van der Waals surface area contributed by atoms with Gasteiger partial charge in [0.2, 0.25) is 0 Å². The summed E-state index contributed by atoms with van der Waals surface area (Å²) < 4.78 is 10.5. The Bertz CT molecular complexity index is 475. The number of carbonyl (C=O) groups excluding carboxylic acids is 1. The first-order chi connectivity index (χ1) is 8.04. The Labute approximate surface area is 112 Å². The molecule has 0 fully saturated rings. The minimum atomic E-state index is -0.299. The van der Waals surface area contributed by atoms with E-state index in [2.05, 4.69) is 20.7 Å². The van der Waals surface area contributed by atoms with Crippen molar-refractivity contribution in [2.75, 3.05) is 13.7 Å². The van der Waals surface area contributed by atoms with E-state index < -0.39 is 0 Å². The molecule has 0 radical (unpaired) electrons. The Kier molecular flexibility index (Phi) is 3.49. The van der Waals surface area contributed by atoms with Crippen LogP contribution < -0.4 is 4.74 Å². The zero-order chi connectivity index (χ0) is 12.6. The summed E-state index contributed by atoms with van der Waals surface area (Å²) in [4.78, 5) is 11.2. The minimum Gasteiger partial charge on any atom is -0.505 e. The van der Waals surface area contributed by atoms with Gasteiger partial charge in [-0.05, 0) is 22.0 Å². The lowest BCUT2D eigenvalue weighted by molar-refractivity contribution is -0.141. The fourth-order valence-electron chi connectivity index (χ4n) is 1.79. The Balaban J connectivity index is 2.35. The molecule has 1 N–H and O–H groups in total. The summed E-state index contributed by atoms with van der Waals surface area (Å²) in [5.74, 6) is 0.101. The zero-order valence-corrected chi connectivity index (χ0v) is 11.3. The molecule has 0 aliphatic carbocycles. The van der Waals surface area contributed by atoms with Gasteiger partial charge in [-0.3, -0.25) is 4.79 Å². The van der Waals surface area contributed by atoms with Crippen molar-refractivity contribution in [1.29, 1.82) is 0 Å². The van der Waals surface area contributed by atoms with Crippen LogP contribution in [0.3, 0.4) is 0 Å². The molecule has 0 saturated heterocycles. The Morgan fingerprint density at radius 1 is 1.76 bits per heavy atom. The molecule has 0 aromatic heterocycles. The number of hydrogen-bond acceptors (Lipinski definition) is 4. The third-order valence-electron chi connectivity index (χ3n) is 2.69. The third kappa shape index (κ3) is 2.21. The van der Waals surface area contributed by atoms with Gasteiger partial charge in [0, 0.05) is 11.5 Å². The number of methoxy groups -OCH3 is 1. The lowest BCUT2D eigenvalue weighted by Crippen LogP contribution is -2.09. The van der Waals surface area contributed by atoms with Crippen LogP contribution in [-0.4, -0.2) is 24.8 Å². The third-order valence-corrected chi connectivity index (χ3v) is 3.71. The maximum Gasteiger partial charge on any atom is 0.306 e. The quantitative estimate of drug-likeness (QED) is 0.851. The van der Waals surface area contributed by atoms with Crippen LogP contribution in [0.5, 0.6) is 11.5 Å². The number of rotatable bonds is 2. The van der Waals surface area contributed by atoms with E-state index in [-0.39, 0.29) is 29.1 Å². The highest BCUT2D eigenvalue weighted by molar-refractivity contribution is 9.10. The van der Waals surface area contributed by atoms with Crippen LogP contribution in [0, 0.1) is 0 Å². The number of fused-ring (bicyclic) bond motifs is 1.